The lowest BCUT2D eigenvalue weighted by Gasteiger charge is -2.36. The van der Waals surface area contributed by atoms with Gasteiger partial charge in [-0.15, -0.1) is 0 Å². The average molecular weight is 370 g/mol. The molecule has 1 aliphatic rings. The van der Waals surface area contributed by atoms with E-state index in [4.69, 9.17) is 4.52 Å². The van der Waals surface area contributed by atoms with Gasteiger partial charge in [-0.2, -0.15) is 4.98 Å². The molecule has 146 valence electrons. The summed E-state index contributed by atoms with van der Waals surface area (Å²) in [6, 6.07) is 8.07. The van der Waals surface area contributed by atoms with Gasteiger partial charge in [-0.25, -0.2) is 0 Å². The minimum atomic E-state index is 0.0747. The summed E-state index contributed by atoms with van der Waals surface area (Å²) in [5.74, 6) is 2.03. The topological polar surface area (TPSA) is 62.5 Å². The second-order valence-electron chi connectivity index (χ2n) is 7.58. The van der Waals surface area contributed by atoms with Crippen LogP contribution in [0.15, 0.2) is 28.8 Å². The summed E-state index contributed by atoms with van der Waals surface area (Å²) in [5.41, 5.74) is 2.02. The Morgan fingerprint density at radius 1 is 1.11 bits per heavy atom. The lowest BCUT2D eigenvalue weighted by Crippen LogP contribution is -2.49. The van der Waals surface area contributed by atoms with E-state index in [1.807, 2.05) is 17.0 Å². The predicted octanol–water partition coefficient (Wildman–Crippen LogP) is 3.66. The Morgan fingerprint density at radius 2 is 1.78 bits per heavy atom. The standard InChI is InChI=1S/C21H30N4O2/c1-5-6-19-22-20(27-23-19)16(4)24-11-13-25(14-12-24)21(26)18-9-7-17(8-10-18)15(2)3/h7-10,15-16H,5-6,11-14H2,1-4H3. The van der Waals surface area contributed by atoms with Gasteiger partial charge in [0.25, 0.3) is 5.91 Å². The van der Waals surface area contributed by atoms with Crippen molar-refractivity contribution in [3.05, 3.63) is 47.1 Å². The van der Waals surface area contributed by atoms with E-state index in [1.54, 1.807) is 0 Å². The molecule has 0 aliphatic carbocycles. The summed E-state index contributed by atoms with van der Waals surface area (Å²) in [5, 5.41) is 4.05. The van der Waals surface area contributed by atoms with Crippen LogP contribution in [-0.2, 0) is 6.42 Å². The van der Waals surface area contributed by atoms with E-state index in [0.29, 0.717) is 24.9 Å². The highest BCUT2D eigenvalue weighted by atomic mass is 16.5. The Bertz CT molecular complexity index is 746. The first-order chi connectivity index (χ1) is 13.0. The molecule has 0 spiro atoms. The maximum atomic E-state index is 12.8. The molecule has 1 aromatic heterocycles. The van der Waals surface area contributed by atoms with Crippen LogP contribution in [0, 0.1) is 0 Å². The van der Waals surface area contributed by atoms with E-state index in [0.717, 1.165) is 37.3 Å². The Hall–Kier alpha value is -2.21. The fourth-order valence-corrected chi connectivity index (χ4v) is 3.42. The lowest BCUT2D eigenvalue weighted by molar-refractivity contribution is 0.0551. The SMILES string of the molecule is CCCc1noc(C(C)N2CCN(C(=O)c3ccc(C(C)C)cc3)CC2)n1. The third kappa shape index (κ3) is 4.56. The van der Waals surface area contributed by atoms with Crippen LogP contribution in [0.3, 0.4) is 0 Å². The molecule has 1 unspecified atom stereocenters. The maximum Gasteiger partial charge on any atom is 0.253 e. The molecule has 2 heterocycles. The quantitative estimate of drug-likeness (QED) is 0.776. The lowest BCUT2D eigenvalue weighted by atomic mass is 10.0. The molecular formula is C21H30N4O2. The Morgan fingerprint density at radius 3 is 2.37 bits per heavy atom. The number of carbonyl (C=O) groups is 1. The van der Waals surface area contributed by atoms with Crippen molar-refractivity contribution < 1.29 is 9.32 Å². The summed E-state index contributed by atoms with van der Waals surface area (Å²) in [4.78, 5) is 21.5. The number of nitrogens with zero attached hydrogens (tertiary/aromatic N) is 4. The van der Waals surface area contributed by atoms with Crippen LogP contribution in [0.5, 0.6) is 0 Å². The number of hydrogen-bond donors (Lipinski definition) is 0. The average Bonchev–Trinajstić information content (AvgIpc) is 3.16. The molecule has 1 aliphatic heterocycles. The highest BCUT2D eigenvalue weighted by Crippen LogP contribution is 2.21. The van der Waals surface area contributed by atoms with Crippen LogP contribution >= 0.6 is 0 Å². The number of aryl methyl sites for hydroxylation is 1. The Labute approximate surface area is 161 Å². The zero-order chi connectivity index (χ0) is 19.4. The van der Waals surface area contributed by atoms with Crippen molar-refractivity contribution in [2.75, 3.05) is 26.2 Å². The molecule has 0 bridgehead atoms. The van der Waals surface area contributed by atoms with Crippen molar-refractivity contribution in [2.45, 2.75) is 52.5 Å². The molecule has 0 radical (unpaired) electrons. The van der Waals surface area contributed by atoms with Gasteiger partial charge >= 0.3 is 0 Å². The van der Waals surface area contributed by atoms with Crippen molar-refractivity contribution in [2.24, 2.45) is 0 Å². The second-order valence-corrected chi connectivity index (χ2v) is 7.58. The molecule has 1 saturated heterocycles. The molecule has 6 nitrogen and oxygen atoms in total. The molecule has 1 fully saturated rings. The largest absolute Gasteiger partial charge is 0.338 e. The molecule has 0 saturated carbocycles. The summed E-state index contributed by atoms with van der Waals surface area (Å²) < 4.78 is 5.42. The van der Waals surface area contributed by atoms with Gasteiger partial charge in [0.2, 0.25) is 5.89 Å². The van der Waals surface area contributed by atoms with Gasteiger partial charge in [-0.1, -0.05) is 38.1 Å². The number of aromatic nitrogens is 2. The molecule has 27 heavy (non-hydrogen) atoms. The monoisotopic (exact) mass is 370 g/mol. The van der Waals surface area contributed by atoms with E-state index < -0.39 is 0 Å². The van der Waals surface area contributed by atoms with Gasteiger partial charge in [0.15, 0.2) is 5.82 Å². The van der Waals surface area contributed by atoms with Crippen LogP contribution in [0.25, 0.3) is 0 Å². The van der Waals surface area contributed by atoms with Crippen molar-refractivity contribution in [3.63, 3.8) is 0 Å². The number of amides is 1. The van der Waals surface area contributed by atoms with E-state index in [-0.39, 0.29) is 11.9 Å². The van der Waals surface area contributed by atoms with Gasteiger partial charge in [0.1, 0.15) is 0 Å². The summed E-state index contributed by atoms with van der Waals surface area (Å²) >= 11 is 0. The van der Waals surface area contributed by atoms with Crippen molar-refractivity contribution in [1.82, 2.24) is 19.9 Å². The highest BCUT2D eigenvalue weighted by Gasteiger charge is 2.28. The number of rotatable bonds is 6. The molecule has 1 amide bonds. The van der Waals surface area contributed by atoms with E-state index in [9.17, 15) is 4.79 Å². The van der Waals surface area contributed by atoms with Crippen LogP contribution in [0.4, 0.5) is 0 Å². The third-order valence-corrected chi connectivity index (χ3v) is 5.29. The number of hydrogen-bond acceptors (Lipinski definition) is 5. The van der Waals surface area contributed by atoms with E-state index in [2.05, 4.69) is 54.9 Å². The fourth-order valence-electron chi connectivity index (χ4n) is 3.42. The molecule has 0 N–H and O–H groups in total. The number of carbonyl (C=O) groups excluding carboxylic acids is 1. The first-order valence-corrected chi connectivity index (χ1v) is 9.95. The van der Waals surface area contributed by atoms with Crippen LogP contribution in [-0.4, -0.2) is 52.0 Å². The van der Waals surface area contributed by atoms with Gasteiger partial charge in [-0.05, 0) is 37.0 Å². The van der Waals surface area contributed by atoms with Crippen LogP contribution in [0.2, 0.25) is 0 Å². The maximum absolute atomic E-state index is 12.8. The van der Waals surface area contributed by atoms with Crippen molar-refractivity contribution >= 4 is 5.91 Å². The zero-order valence-electron chi connectivity index (χ0n) is 16.8. The van der Waals surface area contributed by atoms with Gasteiger partial charge in [0, 0.05) is 38.2 Å². The van der Waals surface area contributed by atoms with Gasteiger partial charge < -0.3 is 9.42 Å². The second kappa shape index (κ2) is 8.65. The fraction of sp³-hybridized carbons (Fsp3) is 0.571. The third-order valence-electron chi connectivity index (χ3n) is 5.29. The highest BCUT2D eigenvalue weighted by molar-refractivity contribution is 5.94. The van der Waals surface area contributed by atoms with Gasteiger partial charge in [0.05, 0.1) is 6.04 Å². The number of piperazine rings is 1. The Kier molecular flexibility index (Phi) is 6.26. The van der Waals surface area contributed by atoms with Gasteiger partial charge in [-0.3, -0.25) is 9.69 Å². The number of benzene rings is 1. The zero-order valence-corrected chi connectivity index (χ0v) is 16.8. The molecule has 1 aromatic carbocycles. The summed E-state index contributed by atoms with van der Waals surface area (Å²) in [6.07, 6.45) is 1.85. The van der Waals surface area contributed by atoms with E-state index in [1.165, 1.54) is 5.56 Å². The molecule has 1 atom stereocenters. The molecule has 2 aromatic rings. The van der Waals surface area contributed by atoms with Crippen molar-refractivity contribution in [3.8, 4) is 0 Å². The smallest absolute Gasteiger partial charge is 0.253 e. The first kappa shape index (κ1) is 19.5. The minimum absolute atomic E-state index is 0.0747. The van der Waals surface area contributed by atoms with Crippen molar-refractivity contribution in [1.29, 1.82) is 0 Å². The molecule has 6 heteroatoms. The van der Waals surface area contributed by atoms with E-state index >= 15 is 0 Å². The minimum Gasteiger partial charge on any atom is -0.338 e. The first-order valence-electron chi connectivity index (χ1n) is 9.95. The van der Waals surface area contributed by atoms with Crippen LogP contribution in [0.1, 0.15) is 73.7 Å². The normalized spacial score (nSPS) is 16.7. The molecular weight excluding hydrogens is 340 g/mol. The van der Waals surface area contributed by atoms with Crippen LogP contribution < -0.4 is 0 Å². The Balaban J connectivity index is 1.56. The predicted molar refractivity (Wildman–Crippen MR) is 105 cm³/mol. The molecule has 3 rings (SSSR count). The summed E-state index contributed by atoms with van der Waals surface area (Å²) in [6.45, 7) is 11.6. The summed E-state index contributed by atoms with van der Waals surface area (Å²) in [7, 11) is 0.